The fraction of sp³-hybridized carbons (Fsp3) is 0.250. The molecule has 104 valence electrons. The minimum Gasteiger partial charge on any atom is -0.312 e. The Hall–Kier alpha value is -1.85. The van der Waals surface area contributed by atoms with Crippen molar-refractivity contribution in [3.8, 4) is 6.07 Å². The van der Waals surface area contributed by atoms with Gasteiger partial charge < -0.3 is 4.57 Å². The molecular formula is C12H12N4O2S2. The number of hydrogen-bond acceptors (Lipinski definition) is 6. The van der Waals surface area contributed by atoms with E-state index >= 15 is 0 Å². The normalized spacial score (nSPS) is 11.2. The van der Waals surface area contributed by atoms with E-state index in [1.54, 1.807) is 30.1 Å². The summed E-state index contributed by atoms with van der Waals surface area (Å²) < 4.78 is 26.0. The third-order valence-electron chi connectivity index (χ3n) is 2.58. The molecule has 0 atom stereocenters. The monoisotopic (exact) mass is 308 g/mol. The highest BCUT2D eigenvalue weighted by Crippen LogP contribution is 2.18. The van der Waals surface area contributed by atoms with Gasteiger partial charge >= 0.3 is 0 Å². The van der Waals surface area contributed by atoms with Gasteiger partial charge in [0.05, 0.1) is 22.3 Å². The number of benzene rings is 1. The first kappa shape index (κ1) is 14.6. The molecule has 0 radical (unpaired) electrons. The molecule has 0 aliphatic carbocycles. The molecule has 20 heavy (non-hydrogen) atoms. The fourth-order valence-corrected chi connectivity index (χ4v) is 4.10. The maximum absolute atomic E-state index is 12.1. The van der Waals surface area contributed by atoms with Crippen LogP contribution in [0.2, 0.25) is 0 Å². The van der Waals surface area contributed by atoms with Crippen LogP contribution >= 0.6 is 11.8 Å². The van der Waals surface area contributed by atoms with Crippen molar-refractivity contribution >= 4 is 21.6 Å². The average molecular weight is 308 g/mol. The van der Waals surface area contributed by atoms with Crippen molar-refractivity contribution in [2.75, 3.05) is 11.5 Å². The SMILES string of the molecule is Cn1cnnc1SCCS(=O)(=O)c1cccc(C#N)c1. The smallest absolute Gasteiger partial charge is 0.190 e. The van der Waals surface area contributed by atoms with Crippen LogP contribution in [-0.4, -0.2) is 34.7 Å². The minimum atomic E-state index is -3.39. The van der Waals surface area contributed by atoms with E-state index in [4.69, 9.17) is 5.26 Å². The van der Waals surface area contributed by atoms with Crippen molar-refractivity contribution < 1.29 is 8.42 Å². The highest BCUT2D eigenvalue weighted by molar-refractivity contribution is 8.00. The van der Waals surface area contributed by atoms with E-state index in [-0.39, 0.29) is 10.6 Å². The van der Waals surface area contributed by atoms with E-state index in [2.05, 4.69) is 10.2 Å². The van der Waals surface area contributed by atoms with E-state index < -0.39 is 9.84 Å². The van der Waals surface area contributed by atoms with Gasteiger partial charge in [-0.15, -0.1) is 10.2 Å². The molecule has 8 heteroatoms. The number of aromatic nitrogens is 3. The Bertz CT molecular complexity index is 747. The molecule has 1 aromatic heterocycles. The molecule has 0 amide bonds. The van der Waals surface area contributed by atoms with Gasteiger partial charge in [-0.25, -0.2) is 8.42 Å². The lowest BCUT2D eigenvalue weighted by Crippen LogP contribution is -2.09. The topological polar surface area (TPSA) is 88.6 Å². The Morgan fingerprint density at radius 2 is 2.25 bits per heavy atom. The van der Waals surface area contributed by atoms with E-state index in [9.17, 15) is 8.42 Å². The quantitative estimate of drug-likeness (QED) is 0.772. The molecule has 0 spiro atoms. The summed E-state index contributed by atoms with van der Waals surface area (Å²) in [6, 6.07) is 7.98. The largest absolute Gasteiger partial charge is 0.312 e. The molecule has 0 fully saturated rings. The van der Waals surface area contributed by atoms with Gasteiger partial charge in [0.25, 0.3) is 0 Å². The molecule has 6 nitrogen and oxygen atoms in total. The molecular weight excluding hydrogens is 296 g/mol. The van der Waals surface area contributed by atoms with Gasteiger partial charge in [-0.2, -0.15) is 5.26 Å². The van der Waals surface area contributed by atoms with Crippen molar-refractivity contribution in [1.29, 1.82) is 5.26 Å². The Labute approximate surface area is 121 Å². The molecule has 1 heterocycles. The van der Waals surface area contributed by atoms with Gasteiger partial charge in [0.2, 0.25) is 0 Å². The highest BCUT2D eigenvalue weighted by atomic mass is 32.2. The summed E-state index contributed by atoms with van der Waals surface area (Å²) >= 11 is 1.33. The fourth-order valence-electron chi connectivity index (χ4n) is 1.52. The Balaban J connectivity index is 2.04. The second-order valence-corrected chi connectivity index (χ2v) is 7.20. The van der Waals surface area contributed by atoms with E-state index in [1.165, 1.54) is 23.9 Å². The molecule has 0 N–H and O–H groups in total. The standard InChI is InChI=1S/C12H12N4O2S2/c1-16-9-14-15-12(16)19-5-6-20(17,18)11-4-2-3-10(7-11)8-13/h2-4,7,9H,5-6H2,1H3. The van der Waals surface area contributed by atoms with Crippen LogP contribution < -0.4 is 0 Å². The van der Waals surface area contributed by atoms with Crippen LogP contribution in [0, 0.1) is 11.3 Å². The van der Waals surface area contributed by atoms with E-state index in [0.29, 0.717) is 16.5 Å². The van der Waals surface area contributed by atoms with E-state index in [0.717, 1.165) is 0 Å². The zero-order chi connectivity index (χ0) is 14.6. The van der Waals surface area contributed by atoms with Crippen molar-refractivity contribution in [2.24, 2.45) is 7.05 Å². The van der Waals surface area contributed by atoms with Crippen molar-refractivity contribution in [2.45, 2.75) is 10.1 Å². The first-order valence-electron chi connectivity index (χ1n) is 5.72. The summed E-state index contributed by atoms with van der Waals surface area (Å²) in [7, 11) is -1.59. The van der Waals surface area contributed by atoms with Crippen molar-refractivity contribution in [3.63, 3.8) is 0 Å². The maximum Gasteiger partial charge on any atom is 0.190 e. The predicted octanol–water partition coefficient (Wildman–Crippen LogP) is 1.25. The molecule has 0 aliphatic rings. The summed E-state index contributed by atoms with van der Waals surface area (Å²) in [5.74, 6) is 0.366. The van der Waals surface area contributed by atoms with Crippen molar-refractivity contribution in [3.05, 3.63) is 36.2 Å². The van der Waals surface area contributed by atoms with Crippen LogP contribution in [0.5, 0.6) is 0 Å². The Morgan fingerprint density at radius 3 is 2.90 bits per heavy atom. The summed E-state index contributed by atoms with van der Waals surface area (Å²) in [6.07, 6.45) is 1.56. The molecule has 0 bridgehead atoms. The highest BCUT2D eigenvalue weighted by Gasteiger charge is 2.15. The third-order valence-corrected chi connectivity index (χ3v) is 5.58. The second-order valence-electron chi connectivity index (χ2n) is 4.03. The maximum atomic E-state index is 12.1. The van der Waals surface area contributed by atoms with Crippen LogP contribution in [0.25, 0.3) is 0 Å². The lowest BCUT2D eigenvalue weighted by molar-refractivity contribution is 0.597. The molecule has 0 unspecified atom stereocenters. The van der Waals surface area contributed by atoms with Gasteiger partial charge in [0, 0.05) is 12.8 Å². The van der Waals surface area contributed by atoms with Gasteiger partial charge in [-0.05, 0) is 18.2 Å². The first-order chi connectivity index (χ1) is 9.53. The summed E-state index contributed by atoms with van der Waals surface area (Å²) in [6.45, 7) is 0. The summed E-state index contributed by atoms with van der Waals surface area (Å²) in [4.78, 5) is 0.176. The first-order valence-corrected chi connectivity index (χ1v) is 8.36. The second kappa shape index (κ2) is 6.07. The number of aryl methyl sites for hydroxylation is 1. The average Bonchev–Trinajstić information content (AvgIpc) is 2.84. The lowest BCUT2D eigenvalue weighted by atomic mass is 10.2. The minimum absolute atomic E-state index is 0.0145. The van der Waals surface area contributed by atoms with Crippen LogP contribution in [0.4, 0.5) is 0 Å². The number of sulfone groups is 1. The predicted molar refractivity (Wildman–Crippen MR) is 74.9 cm³/mol. The zero-order valence-corrected chi connectivity index (χ0v) is 12.4. The molecule has 2 aromatic rings. The van der Waals surface area contributed by atoms with Crippen LogP contribution in [-0.2, 0) is 16.9 Å². The number of hydrogen-bond donors (Lipinski definition) is 0. The summed E-state index contributed by atoms with van der Waals surface area (Å²) in [5.41, 5.74) is 0.340. The van der Waals surface area contributed by atoms with Crippen molar-refractivity contribution in [1.82, 2.24) is 14.8 Å². The lowest BCUT2D eigenvalue weighted by Gasteiger charge is -2.04. The molecule has 0 saturated heterocycles. The van der Waals surface area contributed by atoms with Crippen LogP contribution in [0.3, 0.4) is 0 Å². The van der Waals surface area contributed by atoms with E-state index in [1.807, 2.05) is 6.07 Å². The molecule has 2 rings (SSSR count). The Morgan fingerprint density at radius 1 is 1.45 bits per heavy atom. The third kappa shape index (κ3) is 3.37. The molecule has 0 saturated carbocycles. The number of nitrogens with zero attached hydrogens (tertiary/aromatic N) is 4. The number of rotatable bonds is 5. The van der Waals surface area contributed by atoms with Crippen LogP contribution in [0.15, 0.2) is 40.6 Å². The van der Waals surface area contributed by atoms with Gasteiger partial charge in [-0.1, -0.05) is 17.8 Å². The van der Waals surface area contributed by atoms with Gasteiger partial charge in [0.15, 0.2) is 15.0 Å². The van der Waals surface area contributed by atoms with Gasteiger partial charge in [0.1, 0.15) is 6.33 Å². The summed E-state index contributed by atoms with van der Waals surface area (Å²) in [5, 5.41) is 17.1. The van der Waals surface area contributed by atoms with Crippen LogP contribution in [0.1, 0.15) is 5.56 Å². The molecule has 1 aromatic carbocycles. The number of thioether (sulfide) groups is 1. The van der Waals surface area contributed by atoms with Gasteiger partial charge in [-0.3, -0.25) is 0 Å². The number of nitriles is 1. The Kier molecular flexibility index (Phi) is 4.42. The zero-order valence-electron chi connectivity index (χ0n) is 10.7. The molecule has 0 aliphatic heterocycles.